The van der Waals surface area contributed by atoms with Gasteiger partial charge in [0.25, 0.3) is 5.69 Å². The number of para-hydroxylation sites is 1. The van der Waals surface area contributed by atoms with Crippen LogP contribution < -0.4 is 10.1 Å². The van der Waals surface area contributed by atoms with Crippen LogP contribution in [0.5, 0.6) is 5.88 Å². The predicted octanol–water partition coefficient (Wildman–Crippen LogP) is 6.50. The van der Waals surface area contributed by atoms with Crippen LogP contribution >= 0.6 is 11.8 Å². The van der Waals surface area contributed by atoms with Crippen LogP contribution in [0.4, 0.5) is 11.4 Å². The summed E-state index contributed by atoms with van der Waals surface area (Å²) < 4.78 is 12.4. The Hall–Kier alpha value is -4.70. The maximum absolute atomic E-state index is 11.2. The Balaban J connectivity index is 1.32. The van der Waals surface area contributed by atoms with E-state index in [1.807, 2.05) is 54.6 Å². The number of fused-ring (bicyclic) bond motifs is 3. The van der Waals surface area contributed by atoms with Crippen molar-refractivity contribution in [1.82, 2.24) is 15.2 Å². The molecule has 5 aromatic rings. The first kappa shape index (κ1) is 22.7. The highest BCUT2D eigenvalue weighted by Crippen LogP contribution is 2.40. The molecule has 0 amide bonds. The third-order valence-electron chi connectivity index (χ3n) is 5.77. The number of nitrogens with one attached hydrogen (secondary N) is 1. The third-order valence-corrected chi connectivity index (χ3v) is 6.68. The number of rotatable bonds is 6. The molecule has 10 heteroatoms. The molecule has 0 bridgehead atoms. The molecule has 1 atom stereocenters. The average Bonchev–Trinajstić information content (AvgIpc) is 3.37. The topological polar surface area (TPSA) is 116 Å². The van der Waals surface area contributed by atoms with Crippen molar-refractivity contribution >= 4 is 23.1 Å². The van der Waals surface area contributed by atoms with Crippen LogP contribution in [0.15, 0.2) is 101 Å². The molecule has 0 saturated heterocycles. The molecule has 0 spiro atoms. The summed E-state index contributed by atoms with van der Waals surface area (Å²) in [6.45, 7) is 0. The van der Waals surface area contributed by atoms with Gasteiger partial charge in [-0.05, 0) is 23.8 Å². The summed E-state index contributed by atoms with van der Waals surface area (Å²) in [6.07, 6.45) is -0.710. The van der Waals surface area contributed by atoms with E-state index < -0.39 is 11.2 Å². The zero-order valence-electron chi connectivity index (χ0n) is 19.3. The van der Waals surface area contributed by atoms with Crippen LogP contribution in [-0.2, 0) is 5.75 Å². The highest BCUT2D eigenvalue weighted by atomic mass is 32.2. The van der Waals surface area contributed by atoms with Crippen molar-refractivity contribution < 1.29 is 14.1 Å². The monoisotopic (exact) mass is 509 g/mol. The van der Waals surface area contributed by atoms with Gasteiger partial charge in [0.05, 0.1) is 4.92 Å². The van der Waals surface area contributed by atoms with Gasteiger partial charge in [-0.25, -0.2) is 0 Å². The first-order valence-electron chi connectivity index (χ1n) is 11.4. The number of hydrogen-bond acceptors (Lipinski definition) is 9. The number of furan rings is 1. The number of benzene rings is 3. The number of nitro benzene ring substituents is 1. The van der Waals surface area contributed by atoms with E-state index >= 15 is 0 Å². The Morgan fingerprint density at radius 3 is 2.65 bits per heavy atom. The molecular weight excluding hydrogens is 490 g/mol. The molecule has 2 aromatic heterocycles. The highest BCUT2D eigenvalue weighted by Gasteiger charge is 2.28. The summed E-state index contributed by atoms with van der Waals surface area (Å²) in [5, 5.41) is 23.8. The van der Waals surface area contributed by atoms with Crippen LogP contribution in [0.2, 0.25) is 0 Å². The van der Waals surface area contributed by atoms with Crippen molar-refractivity contribution in [2.45, 2.75) is 17.1 Å². The minimum Gasteiger partial charge on any atom is -0.455 e. The number of nitro groups is 1. The summed E-state index contributed by atoms with van der Waals surface area (Å²) >= 11 is 1.47. The summed E-state index contributed by atoms with van der Waals surface area (Å²) in [7, 11) is 0. The number of aromatic nitrogens is 3. The Bertz CT molecular complexity index is 1590. The molecule has 0 radical (unpaired) electrons. The average molecular weight is 510 g/mol. The number of nitrogens with zero attached hydrogens (tertiary/aromatic N) is 4. The summed E-state index contributed by atoms with van der Waals surface area (Å²) in [5.41, 5.74) is 3.87. The second-order valence-electron chi connectivity index (χ2n) is 8.22. The van der Waals surface area contributed by atoms with Gasteiger partial charge in [0.2, 0.25) is 17.3 Å². The molecule has 1 N–H and O–H groups in total. The van der Waals surface area contributed by atoms with E-state index in [4.69, 9.17) is 9.15 Å². The van der Waals surface area contributed by atoms with Gasteiger partial charge in [-0.2, -0.15) is 4.98 Å². The van der Waals surface area contributed by atoms with Gasteiger partial charge in [-0.15, -0.1) is 10.2 Å². The number of non-ortho nitro benzene ring substituents is 1. The molecule has 0 unspecified atom stereocenters. The second-order valence-corrected chi connectivity index (χ2v) is 9.16. The van der Waals surface area contributed by atoms with Gasteiger partial charge in [0, 0.05) is 34.7 Å². The Labute approximate surface area is 215 Å². The summed E-state index contributed by atoms with van der Waals surface area (Å²) in [5.74, 6) is 2.01. The molecule has 182 valence electrons. The second kappa shape index (κ2) is 9.75. The van der Waals surface area contributed by atoms with Crippen molar-refractivity contribution in [3.05, 3.63) is 112 Å². The summed E-state index contributed by atoms with van der Waals surface area (Å²) in [6, 6.07) is 27.6. The molecule has 37 heavy (non-hydrogen) atoms. The van der Waals surface area contributed by atoms with Crippen LogP contribution in [0.25, 0.3) is 22.6 Å². The Morgan fingerprint density at radius 2 is 1.78 bits per heavy atom. The lowest BCUT2D eigenvalue weighted by atomic mass is 10.1. The quantitative estimate of drug-likeness (QED) is 0.155. The third kappa shape index (κ3) is 4.74. The molecule has 0 saturated carbocycles. The first-order valence-corrected chi connectivity index (χ1v) is 12.4. The first-order chi connectivity index (χ1) is 18.1. The molecule has 6 rings (SSSR count). The van der Waals surface area contributed by atoms with Crippen molar-refractivity contribution in [3.63, 3.8) is 0 Å². The SMILES string of the molecule is O=[N+]([O-])c1cccc(-c2ccc([C@H]3Nc4ccccc4-c4nnc(SCc5ccccc5)nc4O3)o2)c1. The summed E-state index contributed by atoms with van der Waals surface area (Å²) in [4.78, 5) is 15.4. The molecule has 1 aliphatic rings. The van der Waals surface area contributed by atoms with E-state index in [9.17, 15) is 10.1 Å². The van der Waals surface area contributed by atoms with Crippen LogP contribution in [0.3, 0.4) is 0 Å². The Kier molecular flexibility index (Phi) is 5.99. The number of anilines is 1. The molecule has 1 aliphatic heterocycles. The van der Waals surface area contributed by atoms with E-state index in [0.717, 1.165) is 16.8 Å². The maximum atomic E-state index is 11.2. The zero-order chi connectivity index (χ0) is 25.2. The van der Waals surface area contributed by atoms with Crippen LogP contribution in [0, 0.1) is 10.1 Å². The van der Waals surface area contributed by atoms with E-state index in [1.54, 1.807) is 24.3 Å². The highest BCUT2D eigenvalue weighted by molar-refractivity contribution is 7.98. The van der Waals surface area contributed by atoms with Crippen LogP contribution in [0.1, 0.15) is 17.6 Å². The lowest BCUT2D eigenvalue weighted by Gasteiger charge is -2.16. The fourth-order valence-corrected chi connectivity index (χ4v) is 4.72. The molecule has 3 aromatic carbocycles. The minimum atomic E-state index is -0.710. The van der Waals surface area contributed by atoms with Crippen molar-refractivity contribution in [2.75, 3.05) is 5.32 Å². The zero-order valence-corrected chi connectivity index (χ0v) is 20.1. The van der Waals surface area contributed by atoms with E-state index in [2.05, 4.69) is 20.5 Å². The van der Waals surface area contributed by atoms with Crippen molar-refractivity contribution in [3.8, 4) is 28.5 Å². The maximum Gasteiger partial charge on any atom is 0.270 e. The van der Waals surface area contributed by atoms with Crippen LogP contribution in [-0.4, -0.2) is 20.1 Å². The van der Waals surface area contributed by atoms with E-state index in [0.29, 0.717) is 39.6 Å². The van der Waals surface area contributed by atoms with Gasteiger partial charge >= 0.3 is 0 Å². The molecule has 9 nitrogen and oxygen atoms in total. The standard InChI is InChI=1S/C27H19N5O4S/c33-32(34)19-10-6-9-18(15-19)22-13-14-23(35-22)25-28-21-12-5-4-11-20(21)24-26(36-25)29-27(31-30-24)37-16-17-7-2-1-3-8-17/h1-15,25,28H,16H2/t25-/m0/s1. The minimum absolute atomic E-state index is 0.00884. The number of ether oxygens (including phenoxy) is 1. The largest absolute Gasteiger partial charge is 0.455 e. The van der Waals surface area contributed by atoms with Crippen molar-refractivity contribution in [1.29, 1.82) is 0 Å². The molecule has 3 heterocycles. The molecular formula is C27H19N5O4S. The predicted molar refractivity (Wildman–Crippen MR) is 139 cm³/mol. The fourth-order valence-electron chi connectivity index (χ4n) is 3.98. The lowest BCUT2D eigenvalue weighted by molar-refractivity contribution is -0.384. The van der Waals surface area contributed by atoms with Gasteiger partial charge in [0.1, 0.15) is 5.76 Å². The van der Waals surface area contributed by atoms with Gasteiger partial charge in [-0.1, -0.05) is 72.4 Å². The fraction of sp³-hybridized carbons (Fsp3) is 0.0741. The van der Waals surface area contributed by atoms with Gasteiger partial charge < -0.3 is 14.5 Å². The lowest BCUT2D eigenvalue weighted by Crippen LogP contribution is -2.16. The number of hydrogen-bond donors (Lipinski definition) is 1. The van der Waals surface area contributed by atoms with E-state index in [-0.39, 0.29) is 5.69 Å². The van der Waals surface area contributed by atoms with Crippen molar-refractivity contribution in [2.24, 2.45) is 0 Å². The molecule has 0 aliphatic carbocycles. The van der Waals surface area contributed by atoms with E-state index in [1.165, 1.54) is 23.9 Å². The molecule has 0 fully saturated rings. The normalized spacial score (nSPS) is 14.0. The Morgan fingerprint density at radius 1 is 0.946 bits per heavy atom. The van der Waals surface area contributed by atoms with Gasteiger partial charge in [0.15, 0.2) is 11.5 Å². The number of thioether (sulfide) groups is 1. The smallest absolute Gasteiger partial charge is 0.270 e. The van der Waals surface area contributed by atoms with Gasteiger partial charge in [-0.3, -0.25) is 10.1 Å².